The Balaban J connectivity index is 1.60. The van der Waals surface area contributed by atoms with E-state index in [-0.39, 0.29) is 12.1 Å². The highest BCUT2D eigenvalue weighted by Crippen LogP contribution is 2.15. The molecule has 1 aliphatic rings. The first kappa shape index (κ1) is 18.2. The number of rotatable bonds is 7. The van der Waals surface area contributed by atoms with Gasteiger partial charge in [-0.3, -0.25) is 0 Å². The third-order valence-electron chi connectivity index (χ3n) is 3.79. The molecule has 0 amide bonds. The van der Waals surface area contributed by atoms with Gasteiger partial charge in [0.1, 0.15) is 0 Å². The van der Waals surface area contributed by atoms with Crippen LogP contribution in [-0.4, -0.2) is 38.8 Å². The molecule has 1 saturated heterocycles. The number of ether oxygens (including phenoxy) is 2. The quantitative estimate of drug-likeness (QED) is 0.798. The normalized spacial score (nSPS) is 21.6. The topological polar surface area (TPSA) is 77.5 Å². The molecule has 0 aliphatic carbocycles. The van der Waals surface area contributed by atoms with E-state index in [2.05, 4.69) is 9.71 Å². The summed E-state index contributed by atoms with van der Waals surface area (Å²) in [5, 5.41) is 3.10. The van der Waals surface area contributed by atoms with E-state index < -0.39 is 10.0 Å². The summed E-state index contributed by atoms with van der Waals surface area (Å²) < 4.78 is 38.6. The predicted molar refractivity (Wildman–Crippen MR) is 97.4 cm³/mol. The Kier molecular flexibility index (Phi) is 6.33. The number of sulfonamides is 1. The Morgan fingerprint density at radius 2 is 2.20 bits per heavy atom. The second kappa shape index (κ2) is 8.68. The smallest absolute Gasteiger partial charge is 0.234 e. The van der Waals surface area contributed by atoms with Crippen LogP contribution in [0, 0.1) is 0 Å². The lowest BCUT2D eigenvalue weighted by molar-refractivity contribution is -0.0717. The van der Waals surface area contributed by atoms with Crippen molar-refractivity contribution < 1.29 is 17.9 Å². The number of nitrogens with zero attached hydrogens (tertiary/aromatic N) is 1. The second-order valence-corrected chi connectivity index (χ2v) is 7.99. The molecule has 0 radical (unpaired) electrons. The lowest BCUT2D eigenvalue weighted by Gasteiger charge is -2.31. The summed E-state index contributed by atoms with van der Waals surface area (Å²) >= 11 is 1.50. The molecule has 0 bridgehead atoms. The van der Waals surface area contributed by atoms with Crippen molar-refractivity contribution in [3.8, 4) is 0 Å². The summed E-state index contributed by atoms with van der Waals surface area (Å²) in [6, 6.07) is 8.98. The largest absolute Gasteiger partial charge is 0.379 e. The molecule has 0 spiro atoms. The van der Waals surface area contributed by atoms with Gasteiger partial charge in [-0.1, -0.05) is 30.3 Å². The molecule has 25 heavy (non-hydrogen) atoms. The number of aromatic nitrogens is 1. The average molecular weight is 380 g/mol. The fourth-order valence-electron chi connectivity index (χ4n) is 2.49. The van der Waals surface area contributed by atoms with Crippen molar-refractivity contribution >= 4 is 27.4 Å². The molecule has 1 aliphatic heterocycles. The Morgan fingerprint density at radius 3 is 2.96 bits per heavy atom. The molecule has 2 heterocycles. The van der Waals surface area contributed by atoms with Crippen molar-refractivity contribution in [2.45, 2.75) is 25.2 Å². The number of benzene rings is 1. The Hall–Kier alpha value is -1.58. The first-order valence-corrected chi connectivity index (χ1v) is 10.4. The fourth-order valence-corrected chi connectivity index (χ4v) is 4.14. The van der Waals surface area contributed by atoms with Gasteiger partial charge < -0.3 is 9.47 Å². The van der Waals surface area contributed by atoms with E-state index in [1.165, 1.54) is 16.7 Å². The highest BCUT2D eigenvalue weighted by atomic mass is 32.2. The van der Waals surface area contributed by atoms with Crippen LogP contribution in [0.15, 0.2) is 46.6 Å². The van der Waals surface area contributed by atoms with Crippen molar-refractivity contribution in [1.29, 1.82) is 0 Å². The van der Waals surface area contributed by atoms with Crippen molar-refractivity contribution in [3.05, 3.63) is 57.9 Å². The Bertz CT molecular complexity index is 776. The first-order chi connectivity index (χ1) is 12.1. The van der Waals surface area contributed by atoms with E-state index >= 15 is 0 Å². The molecule has 1 fully saturated rings. The molecule has 0 unspecified atom stereocenters. The lowest BCUT2D eigenvalue weighted by Crippen LogP contribution is -2.49. The van der Waals surface area contributed by atoms with E-state index in [0.717, 1.165) is 11.3 Å². The van der Waals surface area contributed by atoms with Crippen molar-refractivity contribution in [1.82, 2.24) is 9.71 Å². The molecule has 8 heteroatoms. The SMILES string of the molecule is O=S(=O)(/C=C/c1ccccc1)N[C@@H]1CCOC[C@H]1OCc1cscn1. The third kappa shape index (κ3) is 5.72. The van der Waals surface area contributed by atoms with E-state index in [1.807, 2.05) is 35.7 Å². The fraction of sp³-hybridized carbons (Fsp3) is 0.353. The zero-order valence-corrected chi connectivity index (χ0v) is 15.2. The molecule has 0 saturated carbocycles. The van der Waals surface area contributed by atoms with Gasteiger partial charge in [0.25, 0.3) is 0 Å². The maximum Gasteiger partial charge on any atom is 0.234 e. The van der Waals surface area contributed by atoms with E-state index in [0.29, 0.717) is 26.2 Å². The van der Waals surface area contributed by atoms with Crippen molar-refractivity contribution in [3.63, 3.8) is 0 Å². The summed E-state index contributed by atoms with van der Waals surface area (Å²) in [6.45, 7) is 1.21. The zero-order valence-electron chi connectivity index (χ0n) is 13.6. The monoisotopic (exact) mass is 380 g/mol. The lowest BCUT2D eigenvalue weighted by atomic mass is 10.1. The molecular formula is C17H20N2O4S2. The molecule has 6 nitrogen and oxygen atoms in total. The van der Waals surface area contributed by atoms with Gasteiger partial charge in [-0.2, -0.15) is 0 Å². The van der Waals surface area contributed by atoms with Crippen LogP contribution in [0.3, 0.4) is 0 Å². The van der Waals surface area contributed by atoms with Gasteiger partial charge in [0.15, 0.2) is 0 Å². The van der Waals surface area contributed by atoms with Gasteiger partial charge in [-0.05, 0) is 18.1 Å². The minimum atomic E-state index is -3.56. The van der Waals surface area contributed by atoms with Gasteiger partial charge in [0.05, 0.1) is 36.6 Å². The maximum absolute atomic E-state index is 12.3. The molecule has 2 atom stereocenters. The number of thiazole rings is 1. The van der Waals surface area contributed by atoms with E-state index in [1.54, 1.807) is 11.6 Å². The van der Waals surface area contributed by atoms with Gasteiger partial charge in [0, 0.05) is 17.4 Å². The predicted octanol–water partition coefficient (Wildman–Crippen LogP) is 2.41. The van der Waals surface area contributed by atoms with Crippen LogP contribution in [0.1, 0.15) is 17.7 Å². The van der Waals surface area contributed by atoms with Crippen LogP contribution in [0.5, 0.6) is 0 Å². The summed E-state index contributed by atoms with van der Waals surface area (Å²) in [4.78, 5) is 4.17. The minimum absolute atomic E-state index is 0.321. The van der Waals surface area contributed by atoms with Crippen LogP contribution in [-0.2, 0) is 26.1 Å². The number of hydrogen-bond acceptors (Lipinski definition) is 6. The molecule has 1 N–H and O–H groups in total. The van der Waals surface area contributed by atoms with Crippen LogP contribution >= 0.6 is 11.3 Å². The van der Waals surface area contributed by atoms with Gasteiger partial charge in [-0.25, -0.2) is 18.1 Å². The molecule has 1 aromatic heterocycles. The molecule has 1 aromatic carbocycles. The van der Waals surface area contributed by atoms with Gasteiger partial charge in [0.2, 0.25) is 10.0 Å². The summed E-state index contributed by atoms with van der Waals surface area (Å²) in [6.07, 6.45) is 1.81. The van der Waals surface area contributed by atoms with Gasteiger partial charge >= 0.3 is 0 Å². The highest BCUT2D eigenvalue weighted by Gasteiger charge is 2.29. The average Bonchev–Trinajstić information content (AvgIpc) is 3.14. The standard InChI is InChI=1S/C17H20N2O4S2/c20-25(21,9-7-14-4-2-1-3-5-14)19-16-6-8-22-11-17(16)23-10-15-12-24-13-18-15/h1-5,7,9,12-13,16-17,19H,6,8,10-11H2/b9-7+/t16-,17-/m1/s1. The molecule has 134 valence electrons. The Labute approximate surface area is 151 Å². The third-order valence-corrected chi connectivity index (χ3v) is 5.55. The summed E-state index contributed by atoms with van der Waals surface area (Å²) in [5.41, 5.74) is 3.40. The molecule has 2 aromatic rings. The molecule has 3 rings (SSSR count). The molecular weight excluding hydrogens is 360 g/mol. The number of nitrogens with one attached hydrogen (secondary N) is 1. The van der Waals surface area contributed by atoms with E-state index in [9.17, 15) is 8.42 Å². The zero-order chi connectivity index (χ0) is 17.5. The van der Waals surface area contributed by atoms with Crippen LogP contribution in [0.25, 0.3) is 6.08 Å². The maximum atomic E-state index is 12.3. The van der Waals surface area contributed by atoms with Crippen molar-refractivity contribution in [2.75, 3.05) is 13.2 Å². The number of hydrogen-bond donors (Lipinski definition) is 1. The minimum Gasteiger partial charge on any atom is -0.379 e. The first-order valence-electron chi connectivity index (χ1n) is 7.94. The Morgan fingerprint density at radius 1 is 1.36 bits per heavy atom. The highest BCUT2D eigenvalue weighted by molar-refractivity contribution is 7.92. The summed E-state index contributed by atoms with van der Waals surface area (Å²) in [7, 11) is -3.56. The summed E-state index contributed by atoms with van der Waals surface area (Å²) in [5.74, 6) is 0. The second-order valence-electron chi connectivity index (χ2n) is 5.68. The van der Waals surface area contributed by atoms with Gasteiger partial charge in [-0.15, -0.1) is 11.3 Å². The van der Waals surface area contributed by atoms with Crippen LogP contribution < -0.4 is 4.72 Å². The van der Waals surface area contributed by atoms with Crippen LogP contribution in [0.2, 0.25) is 0 Å². The van der Waals surface area contributed by atoms with E-state index in [4.69, 9.17) is 9.47 Å². The van der Waals surface area contributed by atoms with Crippen molar-refractivity contribution in [2.24, 2.45) is 0 Å². The van der Waals surface area contributed by atoms with Crippen LogP contribution in [0.4, 0.5) is 0 Å².